The van der Waals surface area contributed by atoms with Crippen molar-refractivity contribution in [1.82, 2.24) is 15.5 Å². The average molecular weight is 426 g/mol. The third-order valence-electron chi connectivity index (χ3n) is 5.22. The molecule has 1 saturated heterocycles. The van der Waals surface area contributed by atoms with Crippen LogP contribution in [0.2, 0.25) is 0 Å². The lowest BCUT2D eigenvalue weighted by Crippen LogP contribution is -2.53. The fraction of sp³-hybridized carbons (Fsp3) is 0.348. The van der Waals surface area contributed by atoms with E-state index in [2.05, 4.69) is 16.0 Å². The fourth-order valence-electron chi connectivity index (χ4n) is 3.59. The third-order valence-corrected chi connectivity index (χ3v) is 5.22. The van der Waals surface area contributed by atoms with E-state index in [1.54, 1.807) is 17.0 Å². The molecule has 8 heteroatoms. The maximum Gasteiger partial charge on any atom is 0.321 e. The molecule has 164 valence electrons. The minimum atomic E-state index is -0.665. The van der Waals surface area contributed by atoms with Crippen molar-refractivity contribution >= 4 is 23.5 Å². The van der Waals surface area contributed by atoms with Crippen LogP contribution in [0.5, 0.6) is 0 Å². The van der Waals surface area contributed by atoms with E-state index in [9.17, 15) is 18.8 Å². The molecule has 1 aliphatic heterocycles. The van der Waals surface area contributed by atoms with Crippen LogP contribution in [0.4, 0.5) is 14.9 Å². The van der Waals surface area contributed by atoms with E-state index >= 15 is 0 Å². The molecule has 2 aromatic rings. The summed E-state index contributed by atoms with van der Waals surface area (Å²) in [5.41, 5.74) is 1.10. The largest absolute Gasteiger partial charge is 0.351 e. The number of para-hydroxylation sites is 1. The van der Waals surface area contributed by atoms with Crippen molar-refractivity contribution in [3.05, 3.63) is 66.0 Å². The molecule has 3 N–H and O–H groups in total. The van der Waals surface area contributed by atoms with E-state index < -0.39 is 11.9 Å². The lowest BCUT2D eigenvalue weighted by molar-refractivity contribution is -0.128. The zero-order chi connectivity index (χ0) is 22.2. The van der Waals surface area contributed by atoms with Gasteiger partial charge in [0.05, 0.1) is 5.69 Å². The van der Waals surface area contributed by atoms with Gasteiger partial charge in [0.15, 0.2) is 0 Å². The number of halogens is 1. The number of amides is 4. The second-order valence-electron chi connectivity index (χ2n) is 7.62. The lowest BCUT2D eigenvalue weighted by Gasteiger charge is -2.33. The maximum atomic E-state index is 13.7. The lowest BCUT2D eigenvalue weighted by atomic mass is 10.0. The van der Waals surface area contributed by atoms with Gasteiger partial charge >= 0.3 is 6.03 Å². The second-order valence-corrected chi connectivity index (χ2v) is 7.62. The Labute approximate surface area is 181 Å². The number of piperidine rings is 1. The van der Waals surface area contributed by atoms with Gasteiger partial charge in [-0.15, -0.1) is 0 Å². The number of nitrogens with one attached hydrogen (secondary N) is 3. The summed E-state index contributed by atoms with van der Waals surface area (Å²) in [4.78, 5) is 38.3. The highest BCUT2D eigenvalue weighted by atomic mass is 19.1. The molecule has 0 bridgehead atoms. The number of nitrogens with zero attached hydrogens (tertiary/aromatic N) is 1. The Morgan fingerprint density at radius 3 is 2.32 bits per heavy atom. The summed E-state index contributed by atoms with van der Waals surface area (Å²) in [5, 5.41) is 8.29. The summed E-state index contributed by atoms with van der Waals surface area (Å²) in [6.45, 7) is 2.27. The number of benzene rings is 2. The molecule has 4 amide bonds. The molecule has 0 radical (unpaired) electrons. The van der Waals surface area contributed by atoms with Crippen LogP contribution in [-0.2, 0) is 16.0 Å². The molecule has 1 aliphatic rings. The summed E-state index contributed by atoms with van der Waals surface area (Å²) in [5.74, 6) is -0.996. The molecule has 31 heavy (non-hydrogen) atoms. The molecule has 2 aromatic carbocycles. The van der Waals surface area contributed by atoms with Crippen LogP contribution in [-0.4, -0.2) is 47.9 Å². The summed E-state index contributed by atoms with van der Waals surface area (Å²) in [6.07, 6.45) is 1.55. The number of hydrogen-bond donors (Lipinski definition) is 3. The van der Waals surface area contributed by atoms with Gasteiger partial charge in [0.1, 0.15) is 11.9 Å². The van der Waals surface area contributed by atoms with Gasteiger partial charge in [-0.2, -0.15) is 0 Å². The van der Waals surface area contributed by atoms with Gasteiger partial charge in [0.25, 0.3) is 0 Å². The predicted molar refractivity (Wildman–Crippen MR) is 116 cm³/mol. The van der Waals surface area contributed by atoms with Crippen LogP contribution >= 0.6 is 0 Å². The summed E-state index contributed by atoms with van der Waals surface area (Å²) in [6, 6.07) is 14.4. The summed E-state index contributed by atoms with van der Waals surface area (Å²) in [7, 11) is 0. The Kier molecular flexibility index (Phi) is 7.59. The van der Waals surface area contributed by atoms with Crippen LogP contribution in [0.3, 0.4) is 0 Å². The highest BCUT2D eigenvalue weighted by molar-refractivity contribution is 5.89. The Bertz CT molecular complexity index is 914. The summed E-state index contributed by atoms with van der Waals surface area (Å²) < 4.78 is 13.7. The molecule has 3 rings (SSSR count). The van der Waals surface area contributed by atoms with E-state index in [4.69, 9.17) is 0 Å². The number of carbonyl (C=O) groups excluding carboxylic acids is 3. The molecular formula is C23H27FN4O3. The van der Waals surface area contributed by atoms with Crippen molar-refractivity contribution in [3.63, 3.8) is 0 Å². The minimum Gasteiger partial charge on any atom is -0.351 e. The Morgan fingerprint density at radius 1 is 1.03 bits per heavy atom. The zero-order valence-electron chi connectivity index (χ0n) is 17.4. The van der Waals surface area contributed by atoms with Gasteiger partial charge in [-0.3, -0.25) is 9.59 Å². The van der Waals surface area contributed by atoms with Crippen molar-refractivity contribution < 1.29 is 18.8 Å². The first-order valence-corrected chi connectivity index (χ1v) is 10.3. The first-order valence-electron chi connectivity index (χ1n) is 10.3. The van der Waals surface area contributed by atoms with E-state index in [-0.39, 0.29) is 29.6 Å². The van der Waals surface area contributed by atoms with Gasteiger partial charge in [-0.05, 0) is 30.5 Å². The first-order chi connectivity index (χ1) is 14.9. The quantitative estimate of drug-likeness (QED) is 0.663. The average Bonchev–Trinajstić information content (AvgIpc) is 2.76. The van der Waals surface area contributed by atoms with Crippen molar-refractivity contribution in [2.75, 3.05) is 18.4 Å². The molecule has 7 nitrogen and oxygen atoms in total. The van der Waals surface area contributed by atoms with E-state index in [1.165, 1.54) is 19.1 Å². The smallest absolute Gasteiger partial charge is 0.321 e. The van der Waals surface area contributed by atoms with Crippen LogP contribution in [0.1, 0.15) is 25.3 Å². The van der Waals surface area contributed by atoms with Crippen LogP contribution in [0.15, 0.2) is 54.6 Å². The number of likely N-dealkylation sites (tertiary alicyclic amines) is 1. The molecule has 1 fully saturated rings. The Hall–Kier alpha value is -3.42. The molecule has 0 saturated carbocycles. The number of urea groups is 1. The molecule has 0 aliphatic carbocycles. The SMILES string of the molecule is CC(=O)NC(Cc1ccccc1)C(=O)NC1CCN(C(=O)Nc2ccccc2F)CC1. The Balaban J connectivity index is 1.51. The number of carbonyl (C=O) groups is 3. The van der Waals surface area contributed by atoms with Gasteiger partial charge in [0.2, 0.25) is 11.8 Å². The van der Waals surface area contributed by atoms with Crippen molar-refractivity contribution in [2.45, 2.75) is 38.3 Å². The van der Waals surface area contributed by atoms with E-state index in [0.717, 1.165) is 5.56 Å². The molecule has 1 heterocycles. The molecule has 1 atom stereocenters. The topological polar surface area (TPSA) is 90.5 Å². The highest BCUT2D eigenvalue weighted by Gasteiger charge is 2.27. The van der Waals surface area contributed by atoms with Crippen molar-refractivity contribution in [2.24, 2.45) is 0 Å². The van der Waals surface area contributed by atoms with Gasteiger partial charge in [-0.25, -0.2) is 9.18 Å². The summed E-state index contributed by atoms with van der Waals surface area (Å²) >= 11 is 0. The number of rotatable bonds is 6. The third kappa shape index (κ3) is 6.53. The molecule has 0 spiro atoms. The van der Waals surface area contributed by atoms with Crippen molar-refractivity contribution in [3.8, 4) is 0 Å². The number of hydrogen-bond acceptors (Lipinski definition) is 3. The fourth-order valence-corrected chi connectivity index (χ4v) is 3.59. The van der Waals surface area contributed by atoms with Gasteiger partial charge in [-0.1, -0.05) is 42.5 Å². The molecule has 1 unspecified atom stereocenters. The van der Waals surface area contributed by atoms with Crippen molar-refractivity contribution in [1.29, 1.82) is 0 Å². The highest BCUT2D eigenvalue weighted by Crippen LogP contribution is 2.16. The Morgan fingerprint density at radius 2 is 1.68 bits per heavy atom. The monoisotopic (exact) mass is 426 g/mol. The molecule has 0 aromatic heterocycles. The van der Waals surface area contributed by atoms with Crippen LogP contribution < -0.4 is 16.0 Å². The van der Waals surface area contributed by atoms with E-state index in [0.29, 0.717) is 32.4 Å². The zero-order valence-corrected chi connectivity index (χ0v) is 17.4. The van der Waals surface area contributed by atoms with Crippen LogP contribution in [0, 0.1) is 5.82 Å². The minimum absolute atomic E-state index is 0.1000. The van der Waals surface area contributed by atoms with Crippen LogP contribution in [0.25, 0.3) is 0 Å². The second kappa shape index (κ2) is 10.6. The standard InChI is InChI=1S/C23H27FN4O3/c1-16(29)25-21(15-17-7-3-2-4-8-17)22(30)26-18-11-13-28(14-12-18)23(31)27-20-10-6-5-9-19(20)24/h2-10,18,21H,11-15H2,1H3,(H,25,29)(H,26,30)(H,27,31). The normalized spacial score (nSPS) is 15.1. The predicted octanol–water partition coefficient (Wildman–Crippen LogP) is 2.69. The first kappa shape index (κ1) is 22.3. The van der Waals surface area contributed by atoms with E-state index in [1.807, 2.05) is 30.3 Å². The van der Waals surface area contributed by atoms with Gasteiger partial charge in [0, 0.05) is 32.5 Å². The number of anilines is 1. The van der Waals surface area contributed by atoms with Gasteiger partial charge < -0.3 is 20.9 Å². The maximum absolute atomic E-state index is 13.7. The molecular weight excluding hydrogens is 399 g/mol.